The highest BCUT2D eigenvalue weighted by Crippen LogP contribution is 2.47. The van der Waals surface area contributed by atoms with Crippen molar-refractivity contribution in [1.82, 2.24) is 20.1 Å². The van der Waals surface area contributed by atoms with Gasteiger partial charge in [0.15, 0.2) is 5.82 Å². The lowest BCUT2D eigenvalue weighted by Crippen LogP contribution is -2.26. The van der Waals surface area contributed by atoms with Gasteiger partial charge in [-0.25, -0.2) is 0 Å². The highest BCUT2D eigenvalue weighted by Gasteiger charge is 2.43. The minimum absolute atomic E-state index is 0.0550. The molecule has 0 unspecified atom stereocenters. The lowest BCUT2D eigenvalue weighted by Gasteiger charge is -2.06. The molecule has 1 aromatic heterocycles. The zero-order chi connectivity index (χ0) is 15.1. The number of aryl methyl sites for hydroxylation is 1. The summed E-state index contributed by atoms with van der Waals surface area (Å²) >= 11 is 6.01. The number of fused-ring (bicyclic) bond motifs is 1. The summed E-state index contributed by atoms with van der Waals surface area (Å²) in [6.45, 7) is 1.42. The van der Waals surface area contributed by atoms with Gasteiger partial charge >= 0.3 is 0 Å². The highest BCUT2D eigenvalue weighted by molar-refractivity contribution is 6.30. The molecule has 0 saturated heterocycles. The zero-order valence-corrected chi connectivity index (χ0v) is 12.9. The van der Waals surface area contributed by atoms with Crippen molar-refractivity contribution in [3.63, 3.8) is 0 Å². The van der Waals surface area contributed by atoms with Gasteiger partial charge in [0.25, 0.3) is 0 Å². The molecule has 1 amide bonds. The van der Waals surface area contributed by atoms with Crippen molar-refractivity contribution in [2.75, 3.05) is 0 Å². The number of carbonyl (C=O) groups excluding carboxylic acids is 1. The SMILES string of the molecule is O=C(NCc1nnc2n1CCC2)[C@@H]1C[C@@H]1c1cccc(Cl)c1. The van der Waals surface area contributed by atoms with Gasteiger partial charge in [0.05, 0.1) is 6.54 Å². The standard InChI is InChI=1S/C16H17ClN4O/c17-11-4-1-3-10(7-11)12-8-13(12)16(22)18-9-15-20-19-14-5-2-6-21(14)15/h1,3-4,7,12-13H,2,5-6,8-9H2,(H,18,22)/t12-,13-/m1/s1. The van der Waals surface area contributed by atoms with Crippen molar-refractivity contribution in [1.29, 1.82) is 0 Å². The van der Waals surface area contributed by atoms with Crippen LogP contribution in [0.15, 0.2) is 24.3 Å². The van der Waals surface area contributed by atoms with Crippen molar-refractivity contribution in [2.24, 2.45) is 5.92 Å². The molecule has 2 heterocycles. The molecule has 6 heteroatoms. The van der Waals surface area contributed by atoms with Crippen LogP contribution in [0.5, 0.6) is 0 Å². The monoisotopic (exact) mass is 316 g/mol. The molecule has 22 heavy (non-hydrogen) atoms. The van der Waals surface area contributed by atoms with Crippen LogP contribution in [-0.4, -0.2) is 20.7 Å². The normalized spacial score (nSPS) is 22.4. The first kappa shape index (κ1) is 13.8. The van der Waals surface area contributed by atoms with E-state index in [1.165, 1.54) is 0 Å². The van der Waals surface area contributed by atoms with Crippen molar-refractivity contribution in [3.8, 4) is 0 Å². The van der Waals surface area contributed by atoms with Crippen molar-refractivity contribution < 1.29 is 4.79 Å². The van der Waals surface area contributed by atoms with Crippen molar-refractivity contribution >= 4 is 17.5 Å². The van der Waals surface area contributed by atoms with Gasteiger partial charge in [-0.05, 0) is 36.5 Å². The second kappa shape index (κ2) is 5.39. The van der Waals surface area contributed by atoms with Crippen LogP contribution in [0.25, 0.3) is 0 Å². The summed E-state index contributed by atoms with van der Waals surface area (Å²) in [5, 5.41) is 12.0. The third kappa shape index (κ3) is 2.50. The summed E-state index contributed by atoms with van der Waals surface area (Å²) in [4.78, 5) is 12.3. The minimum atomic E-state index is 0.0550. The largest absolute Gasteiger partial charge is 0.349 e. The van der Waals surface area contributed by atoms with Crippen molar-refractivity contribution in [3.05, 3.63) is 46.5 Å². The molecule has 1 aromatic carbocycles. The van der Waals surface area contributed by atoms with E-state index in [9.17, 15) is 4.79 Å². The topological polar surface area (TPSA) is 59.8 Å². The van der Waals surface area contributed by atoms with E-state index >= 15 is 0 Å². The molecule has 4 rings (SSSR count). The molecule has 1 aliphatic heterocycles. The van der Waals surface area contributed by atoms with Crippen LogP contribution in [0.1, 0.15) is 36.0 Å². The molecule has 1 N–H and O–H groups in total. The molecular weight excluding hydrogens is 300 g/mol. The fourth-order valence-corrected chi connectivity index (χ4v) is 3.43. The second-order valence-electron chi connectivity index (χ2n) is 6.01. The van der Waals surface area contributed by atoms with E-state index in [0.29, 0.717) is 12.5 Å². The molecule has 114 valence electrons. The third-order valence-electron chi connectivity index (χ3n) is 4.51. The van der Waals surface area contributed by atoms with Gasteiger partial charge in [-0.15, -0.1) is 10.2 Å². The summed E-state index contributed by atoms with van der Waals surface area (Å²) in [5.41, 5.74) is 1.15. The van der Waals surface area contributed by atoms with E-state index in [2.05, 4.69) is 20.1 Å². The van der Waals surface area contributed by atoms with Crippen LogP contribution in [0.2, 0.25) is 5.02 Å². The number of nitrogens with zero attached hydrogens (tertiary/aromatic N) is 3. The molecule has 2 atom stereocenters. The molecule has 1 fully saturated rings. The Morgan fingerprint density at radius 3 is 3.18 bits per heavy atom. The first-order valence-corrected chi connectivity index (χ1v) is 8.04. The van der Waals surface area contributed by atoms with Crippen LogP contribution in [0.4, 0.5) is 0 Å². The quantitative estimate of drug-likeness (QED) is 0.941. The average molecular weight is 317 g/mol. The Morgan fingerprint density at radius 2 is 2.32 bits per heavy atom. The Balaban J connectivity index is 1.36. The van der Waals surface area contributed by atoms with Gasteiger partial charge in [0.1, 0.15) is 5.82 Å². The van der Waals surface area contributed by atoms with Crippen molar-refractivity contribution in [2.45, 2.75) is 38.3 Å². The highest BCUT2D eigenvalue weighted by atomic mass is 35.5. The number of rotatable bonds is 4. The summed E-state index contributed by atoms with van der Waals surface area (Å²) in [6.07, 6.45) is 3.00. The number of aromatic nitrogens is 3. The van der Waals surface area contributed by atoms with Gasteiger partial charge in [0, 0.05) is 23.9 Å². The Morgan fingerprint density at radius 1 is 1.41 bits per heavy atom. The number of amides is 1. The maximum atomic E-state index is 12.3. The number of hydrogen-bond acceptors (Lipinski definition) is 3. The Labute approximate surface area is 133 Å². The summed E-state index contributed by atoms with van der Waals surface area (Å²) in [7, 11) is 0. The Hall–Kier alpha value is -1.88. The van der Waals surface area contributed by atoms with E-state index in [0.717, 1.165) is 48.0 Å². The lowest BCUT2D eigenvalue weighted by molar-refractivity contribution is -0.122. The van der Waals surface area contributed by atoms with E-state index in [4.69, 9.17) is 11.6 Å². The van der Waals surface area contributed by atoms with Gasteiger partial charge in [-0.2, -0.15) is 0 Å². The molecule has 1 aliphatic carbocycles. The maximum absolute atomic E-state index is 12.3. The first-order chi connectivity index (χ1) is 10.7. The minimum Gasteiger partial charge on any atom is -0.349 e. The van der Waals surface area contributed by atoms with E-state index in [1.807, 2.05) is 24.3 Å². The molecule has 1 saturated carbocycles. The molecule has 2 aromatic rings. The van der Waals surface area contributed by atoms with E-state index < -0.39 is 0 Å². The summed E-state index contributed by atoms with van der Waals surface area (Å²) in [6, 6.07) is 7.78. The number of carbonyl (C=O) groups is 1. The fourth-order valence-electron chi connectivity index (χ4n) is 3.23. The van der Waals surface area contributed by atoms with Crippen LogP contribution >= 0.6 is 11.6 Å². The molecule has 2 aliphatic rings. The van der Waals surface area contributed by atoms with Gasteiger partial charge in [-0.1, -0.05) is 23.7 Å². The Kier molecular flexibility index (Phi) is 3.37. The molecule has 0 radical (unpaired) electrons. The predicted octanol–water partition coefficient (Wildman–Crippen LogP) is 2.30. The number of nitrogens with one attached hydrogen (secondary N) is 1. The molecule has 5 nitrogen and oxygen atoms in total. The number of halogens is 1. The first-order valence-electron chi connectivity index (χ1n) is 7.66. The average Bonchev–Trinajstić information content (AvgIpc) is 3.02. The fraction of sp³-hybridized carbons (Fsp3) is 0.438. The smallest absolute Gasteiger partial charge is 0.224 e. The number of hydrogen-bond donors (Lipinski definition) is 1. The van der Waals surface area contributed by atoms with Crippen LogP contribution < -0.4 is 5.32 Å². The molecule has 0 spiro atoms. The third-order valence-corrected chi connectivity index (χ3v) is 4.75. The maximum Gasteiger partial charge on any atom is 0.224 e. The van der Waals surface area contributed by atoms with Gasteiger partial charge in [-0.3, -0.25) is 4.79 Å². The lowest BCUT2D eigenvalue weighted by atomic mass is 10.1. The zero-order valence-electron chi connectivity index (χ0n) is 12.1. The van der Waals surface area contributed by atoms with Gasteiger partial charge < -0.3 is 9.88 Å². The van der Waals surface area contributed by atoms with Crippen LogP contribution in [-0.2, 0) is 24.3 Å². The number of benzene rings is 1. The predicted molar refractivity (Wildman–Crippen MR) is 82.5 cm³/mol. The molecular formula is C16H17ClN4O. The van der Waals surface area contributed by atoms with E-state index in [1.54, 1.807) is 0 Å². The van der Waals surface area contributed by atoms with E-state index in [-0.39, 0.29) is 11.8 Å². The van der Waals surface area contributed by atoms with Gasteiger partial charge in [0.2, 0.25) is 5.91 Å². The van der Waals surface area contributed by atoms with Crippen LogP contribution in [0.3, 0.4) is 0 Å². The second-order valence-corrected chi connectivity index (χ2v) is 6.45. The van der Waals surface area contributed by atoms with Crippen LogP contribution in [0, 0.1) is 5.92 Å². The summed E-state index contributed by atoms with van der Waals surface area (Å²) in [5.74, 6) is 2.34. The molecule has 0 bridgehead atoms. The summed E-state index contributed by atoms with van der Waals surface area (Å²) < 4.78 is 2.11. The Bertz CT molecular complexity index is 727.